The number of hydrogen-bond donors (Lipinski definition) is 2. The van der Waals surface area contributed by atoms with E-state index < -0.39 is 12.2 Å². The van der Waals surface area contributed by atoms with Crippen molar-refractivity contribution in [1.29, 1.82) is 0 Å². The van der Waals surface area contributed by atoms with Gasteiger partial charge in [-0.1, -0.05) is 103 Å². The number of ether oxygens (including phenoxy) is 4. The molecule has 4 aliphatic rings. The average molecular weight is 1260 g/mol. The Kier molecular flexibility index (Phi) is 21.6. The minimum absolute atomic E-state index is 0.344. The van der Waals surface area contributed by atoms with E-state index in [9.17, 15) is 9.59 Å². The number of aromatic amines is 2. The Hall–Kier alpha value is -6.42. The lowest BCUT2D eigenvalue weighted by atomic mass is 9.92. The second-order valence-electron chi connectivity index (χ2n) is 23.5. The summed E-state index contributed by atoms with van der Waals surface area (Å²) in [7, 11) is 2.20. The van der Waals surface area contributed by atoms with Crippen LogP contribution in [0.15, 0.2) is 133 Å². The number of carbonyl (C=O) groups is 2. The number of carbonyl (C=O) groups excluding carboxylic acids is 2. The quantitative estimate of drug-likeness (QED) is 0.0719. The summed E-state index contributed by atoms with van der Waals surface area (Å²) in [5.74, 6) is 2.58. The van der Waals surface area contributed by atoms with Crippen molar-refractivity contribution in [3.63, 3.8) is 0 Å². The van der Waals surface area contributed by atoms with Gasteiger partial charge in [0.15, 0.2) is 0 Å². The monoisotopic (exact) mass is 1250 g/mol. The second-order valence-corrected chi connectivity index (χ2v) is 25.2. The average Bonchev–Trinajstić information content (AvgIpc) is 1.85. The molecular formula is C70H79Cl4N7O6. The summed E-state index contributed by atoms with van der Waals surface area (Å²) in [4.78, 5) is 45.4. The van der Waals surface area contributed by atoms with Crippen molar-refractivity contribution in [2.75, 3.05) is 85.7 Å². The number of nitrogens with one attached hydrogen (secondary N) is 2. The maximum Gasteiger partial charge on any atom is 0.416 e. The first kappa shape index (κ1) is 62.2. The van der Waals surface area contributed by atoms with Gasteiger partial charge in [0.2, 0.25) is 0 Å². The number of amides is 2. The standard InChI is InChI=1S/C35H40Cl2N4O3.C35H39Cl2N3O3/c1-39-19-21-40(22-20-39)17-4-2-3-5-23-43-28-11-6-25(7-12-28)34-33-30(31-24-27(37)10-15-32(31)38-33)16-18-41(34)35(42)44-29-13-8-26(36)9-14-29;36-26-10-15-29(16-11-26)43-35(41)40-22-18-30-31-24-27(37)12-17-32(31)38-33(30)34(40)25-8-13-28(14-9-25)42-23-7-2-1-4-19-39-20-5-3-6-21-39/h6-15,24,34,38H,2-5,16-23H2,1H3;8-17,24,34,38H,1-7,18-23H2. The number of aromatic nitrogens is 2. The van der Waals surface area contributed by atoms with Gasteiger partial charge in [-0.15, -0.1) is 0 Å². The number of likely N-dealkylation sites (tertiary alicyclic amines) is 1. The maximum absolute atomic E-state index is 13.5. The summed E-state index contributed by atoms with van der Waals surface area (Å²) in [6, 6.07) is 40.9. The molecule has 6 aromatic carbocycles. The summed E-state index contributed by atoms with van der Waals surface area (Å²) < 4.78 is 23.8. The van der Waals surface area contributed by atoms with Crippen LogP contribution in [0.4, 0.5) is 9.59 Å². The Labute approximate surface area is 531 Å². The predicted molar refractivity (Wildman–Crippen MR) is 351 cm³/mol. The molecular weight excluding hydrogens is 1180 g/mol. The molecule has 458 valence electrons. The normalized spacial score (nSPS) is 17.3. The highest BCUT2D eigenvalue weighted by molar-refractivity contribution is 6.32. The molecule has 87 heavy (non-hydrogen) atoms. The van der Waals surface area contributed by atoms with Crippen molar-refractivity contribution >= 4 is 80.4 Å². The molecule has 0 aliphatic carbocycles. The van der Waals surface area contributed by atoms with Crippen LogP contribution in [-0.4, -0.2) is 132 Å². The van der Waals surface area contributed by atoms with Gasteiger partial charge in [0.1, 0.15) is 35.1 Å². The van der Waals surface area contributed by atoms with Gasteiger partial charge >= 0.3 is 12.2 Å². The first-order chi connectivity index (χ1) is 42.5. The van der Waals surface area contributed by atoms with E-state index in [4.69, 9.17) is 65.4 Å². The van der Waals surface area contributed by atoms with E-state index in [-0.39, 0.29) is 12.1 Å². The zero-order valence-electron chi connectivity index (χ0n) is 49.7. The van der Waals surface area contributed by atoms with Crippen molar-refractivity contribution in [3.05, 3.63) is 187 Å². The molecule has 4 aliphatic heterocycles. The molecule has 12 rings (SSSR count). The van der Waals surface area contributed by atoms with Crippen LogP contribution in [0.3, 0.4) is 0 Å². The van der Waals surface area contributed by atoms with E-state index in [0.29, 0.717) is 70.7 Å². The highest BCUT2D eigenvalue weighted by Crippen LogP contribution is 2.42. The van der Waals surface area contributed by atoms with Gasteiger partial charge in [0, 0.05) is 92.6 Å². The van der Waals surface area contributed by atoms with Crippen LogP contribution in [0.5, 0.6) is 23.0 Å². The molecule has 6 heterocycles. The highest BCUT2D eigenvalue weighted by atomic mass is 35.5. The Morgan fingerprint density at radius 3 is 1.26 bits per heavy atom. The summed E-state index contributed by atoms with van der Waals surface area (Å²) in [5, 5.41) is 4.74. The Balaban J connectivity index is 0.000000180. The van der Waals surface area contributed by atoms with Gasteiger partial charge in [0.05, 0.1) is 13.2 Å². The molecule has 0 saturated carbocycles. The molecule has 2 N–H and O–H groups in total. The number of halogens is 4. The van der Waals surface area contributed by atoms with Crippen LogP contribution in [0, 0.1) is 0 Å². The molecule has 17 heteroatoms. The fourth-order valence-corrected chi connectivity index (χ4v) is 13.2. The zero-order valence-corrected chi connectivity index (χ0v) is 52.8. The molecule has 0 bridgehead atoms. The van der Waals surface area contributed by atoms with Crippen molar-refractivity contribution < 1.29 is 28.5 Å². The van der Waals surface area contributed by atoms with Crippen molar-refractivity contribution in [2.24, 2.45) is 0 Å². The SMILES string of the molecule is CN1CCN(CCCCCCOc2ccc(C3c4[nH]c5ccc(Cl)cc5c4CCN3C(=O)Oc3ccc(Cl)cc3)cc2)CC1.O=C(Oc1ccc(Cl)cc1)N1CCc2c([nH]c3ccc(Cl)cc23)C1c1ccc(OCCCCCCN2CCCCC2)cc1. The van der Waals surface area contributed by atoms with E-state index in [1.54, 1.807) is 58.3 Å². The molecule has 0 spiro atoms. The molecule has 2 fully saturated rings. The predicted octanol–water partition coefficient (Wildman–Crippen LogP) is 16.9. The molecule has 2 atom stereocenters. The molecule has 13 nitrogen and oxygen atoms in total. The number of nitrogens with zero attached hydrogens (tertiary/aromatic N) is 5. The Morgan fingerprint density at radius 1 is 0.437 bits per heavy atom. The highest BCUT2D eigenvalue weighted by Gasteiger charge is 2.38. The molecule has 2 aromatic heterocycles. The number of piperazine rings is 1. The number of rotatable bonds is 20. The smallest absolute Gasteiger partial charge is 0.416 e. The van der Waals surface area contributed by atoms with Crippen LogP contribution in [-0.2, 0) is 12.8 Å². The molecule has 2 unspecified atom stereocenters. The summed E-state index contributed by atoms with van der Waals surface area (Å²) in [6.07, 6.45) is 14.1. The topological polar surface area (TPSA) is 119 Å². The first-order valence-corrected chi connectivity index (χ1v) is 32.7. The lowest BCUT2D eigenvalue weighted by molar-refractivity contribution is 0.134. The van der Waals surface area contributed by atoms with Crippen molar-refractivity contribution in [2.45, 2.75) is 95.6 Å². The largest absolute Gasteiger partial charge is 0.494 e. The Bertz CT molecular complexity index is 3530. The molecule has 8 aromatic rings. The van der Waals surface area contributed by atoms with Crippen LogP contribution in [0.1, 0.15) is 116 Å². The third-order valence-corrected chi connectivity index (χ3v) is 18.4. The van der Waals surface area contributed by atoms with Crippen molar-refractivity contribution in [1.82, 2.24) is 34.5 Å². The lowest BCUT2D eigenvalue weighted by Gasteiger charge is -2.35. The zero-order chi connectivity index (χ0) is 60.1. The van der Waals surface area contributed by atoms with Crippen LogP contribution < -0.4 is 18.9 Å². The first-order valence-electron chi connectivity index (χ1n) is 31.2. The van der Waals surface area contributed by atoms with Crippen molar-refractivity contribution in [3.8, 4) is 23.0 Å². The number of unbranched alkanes of at least 4 members (excludes halogenated alkanes) is 6. The van der Waals surface area contributed by atoms with Gasteiger partial charge in [-0.3, -0.25) is 9.80 Å². The van der Waals surface area contributed by atoms with E-state index in [2.05, 4.69) is 43.8 Å². The van der Waals surface area contributed by atoms with Gasteiger partial charge in [-0.25, -0.2) is 9.59 Å². The minimum atomic E-state index is -0.410. The van der Waals surface area contributed by atoms with E-state index in [0.717, 1.165) is 68.7 Å². The fraction of sp³-hybridized carbons (Fsp3) is 0.400. The van der Waals surface area contributed by atoms with E-state index in [1.807, 2.05) is 72.8 Å². The summed E-state index contributed by atoms with van der Waals surface area (Å²) >= 11 is 24.8. The number of likely N-dealkylation sites (N-methyl/N-ethyl adjacent to an activating group) is 1. The number of fused-ring (bicyclic) bond motifs is 6. The van der Waals surface area contributed by atoms with Gasteiger partial charge in [-0.2, -0.15) is 0 Å². The minimum Gasteiger partial charge on any atom is -0.494 e. The van der Waals surface area contributed by atoms with Gasteiger partial charge in [0.25, 0.3) is 0 Å². The second kappa shape index (κ2) is 30.2. The van der Waals surface area contributed by atoms with Crippen LogP contribution >= 0.6 is 46.4 Å². The fourth-order valence-electron chi connectivity index (χ4n) is 12.6. The number of piperidine rings is 1. The van der Waals surface area contributed by atoms with Gasteiger partial charge < -0.3 is 43.6 Å². The molecule has 2 amide bonds. The lowest BCUT2D eigenvalue weighted by Crippen LogP contribution is -2.44. The van der Waals surface area contributed by atoms with Crippen LogP contribution in [0.2, 0.25) is 20.1 Å². The van der Waals surface area contributed by atoms with E-state index >= 15 is 0 Å². The third kappa shape index (κ3) is 16.3. The Morgan fingerprint density at radius 2 is 0.828 bits per heavy atom. The maximum atomic E-state index is 13.5. The van der Waals surface area contributed by atoms with Crippen LogP contribution in [0.25, 0.3) is 21.8 Å². The number of benzene rings is 6. The molecule has 0 radical (unpaired) electrons. The van der Waals surface area contributed by atoms with E-state index in [1.165, 1.54) is 121 Å². The third-order valence-electron chi connectivity index (χ3n) is 17.4. The summed E-state index contributed by atoms with van der Waals surface area (Å²) in [5.41, 5.74) is 8.28. The summed E-state index contributed by atoms with van der Waals surface area (Å²) in [6.45, 7) is 12.1. The number of H-pyrrole nitrogens is 2. The molecule has 2 saturated heterocycles. The number of hydrogen-bond acceptors (Lipinski definition) is 9. The van der Waals surface area contributed by atoms with Gasteiger partial charge in [-0.05, 0) is 216 Å².